The highest BCUT2D eigenvalue weighted by atomic mass is 16.2. The fraction of sp³-hybridized carbons (Fsp3) is 0.267. The summed E-state index contributed by atoms with van der Waals surface area (Å²) in [6.45, 7) is 3.35. The second kappa shape index (κ2) is 5.18. The van der Waals surface area contributed by atoms with Crippen LogP contribution in [-0.2, 0) is 20.9 Å². The van der Waals surface area contributed by atoms with Crippen molar-refractivity contribution in [3.05, 3.63) is 47.7 Å². The Hall–Kier alpha value is -2.23. The van der Waals surface area contributed by atoms with E-state index >= 15 is 0 Å². The number of Topliss-reactive ketones (excluding diaryl/α,β-unsaturated/α-hetero) is 1. The first-order valence-corrected chi connectivity index (χ1v) is 6.08. The molecular weight excluding hydrogens is 242 g/mol. The average molecular weight is 257 g/mol. The molecule has 0 aromatic heterocycles. The van der Waals surface area contributed by atoms with Gasteiger partial charge in [-0.05, 0) is 19.4 Å². The minimum atomic E-state index is -1.17. The minimum absolute atomic E-state index is 0.374. The SMILES string of the molecule is CC(=O)C1C(=O)C=C(C)N(Cc2ccccc2)C1=O. The molecule has 1 aromatic rings. The van der Waals surface area contributed by atoms with Gasteiger partial charge in [-0.1, -0.05) is 30.3 Å². The van der Waals surface area contributed by atoms with Gasteiger partial charge in [0.15, 0.2) is 11.7 Å². The van der Waals surface area contributed by atoms with Gasteiger partial charge in [-0.25, -0.2) is 0 Å². The van der Waals surface area contributed by atoms with Crippen LogP contribution in [0.15, 0.2) is 42.1 Å². The summed E-state index contributed by atoms with van der Waals surface area (Å²) in [7, 11) is 0. The highest BCUT2D eigenvalue weighted by Crippen LogP contribution is 2.21. The van der Waals surface area contributed by atoms with Crippen molar-refractivity contribution >= 4 is 17.5 Å². The largest absolute Gasteiger partial charge is 0.311 e. The second-order valence-corrected chi connectivity index (χ2v) is 4.64. The van der Waals surface area contributed by atoms with Crippen LogP contribution in [0.5, 0.6) is 0 Å². The van der Waals surface area contributed by atoms with Crippen molar-refractivity contribution in [2.45, 2.75) is 20.4 Å². The van der Waals surface area contributed by atoms with Gasteiger partial charge in [0.05, 0.1) is 6.54 Å². The standard InChI is InChI=1S/C15H15NO3/c1-10-8-13(18)14(11(2)17)15(19)16(10)9-12-6-4-3-5-7-12/h3-8,14H,9H2,1-2H3. The fourth-order valence-electron chi connectivity index (χ4n) is 2.16. The van der Waals surface area contributed by atoms with E-state index in [0.29, 0.717) is 12.2 Å². The van der Waals surface area contributed by atoms with Crippen LogP contribution in [0.4, 0.5) is 0 Å². The molecule has 1 aliphatic heterocycles. The number of benzene rings is 1. The number of hydrogen-bond donors (Lipinski definition) is 0. The van der Waals surface area contributed by atoms with Crippen LogP contribution in [0.25, 0.3) is 0 Å². The molecule has 0 fully saturated rings. The van der Waals surface area contributed by atoms with Crippen LogP contribution in [-0.4, -0.2) is 22.4 Å². The van der Waals surface area contributed by atoms with Gasteiger partial charge in [0, 0.05) is 11.8 Å². The Balaban J connectivity index is 2.30. The molecule has 2 rings (SSSR count). The summed E-state index contributed by atoms with van der Waals surface area (Å²) in [5, 5.41) is 0. The van der Waals surface area contributed by atoms with E-state index in [9.17, 15) is 14.4 Å². The van der Waals surface area contributed by atoms with E-state index in [2.05, 4.69) is 0 Å². The molecule has 0 spiro atoms. The van der Waals surface area contributed by atoms with Crippen LogP contribution in [0.3, 0.4) is 0 Å². The molecule has 0 saturated carbocycles. The Labute approximate surface area is 111 Å². The summed E-state index contributed by atoms with van der Waals surface area (Å²) in [4.78, 5) is 36.9. The predicted molar refractivity (Wildman–Crippen MR) is 69.9 cm³/mol. The van der Waals surface area contributed by atoms with E-state index in [0.717, 1.165) is 5.56 Å². The zero-order valence-corrected chi connectivity index (χ0v) is 10.9. The average Bonchev–Trinajstić information content (AvgIpc) is 2.35. The number of ketones is 2. The third-order valence-corrected chi connectivity index (χ3v) is 3.16. The molecule has 0 aliphatic carbocycles. The van der Waals surface area contributed by atoms with Crippen molar-refractivity contribution in [1.82, 2.24) is 4.90 Å². The number of carbonyl (C=O) groups excluding carboxylic acids is 3. The van der Waals surface area contributed by atoms with Crippen molar-refractivity contribution in [2.24, 2.45) is 5.92 Å². The van der Waals surface area contributed by atoms with Crippen molar-refractivity contribution in [1.29, 1.82) is 0 Å². The summed E-state index contributed by atoms with van der Waals surface area (Å²) in [6, 6.07) is 9.47. The smallest absolute Gasteiger partial charge is 0.245 e. The Morgan fingerprint density at radius 3 is 2.42 bits per heavy atom. The normalized spacial score (nSPS) is 19.4. The molecule has 1 aliphatic rings. The van der Waals surface area contributed by atoms with Crippen molar-refractivity contribution < 1.29 is 14.4 Å². The third kappa shape index (κ3) is 2.62. The Morgan fingerprint density at radius 2 is 1.84 bits per heavy atom. The first-order chi connectivity index (χ1) is 9.00. The molecule has 19 heavy (non-hydrogen) atoms. The predicted octanol–water partition coefficient (Wildman–Crippen LogP) is 1.71. The van der Waals surface area contributed by atoms with Gasteiger partial charge in [0.1, 0.15) is 5.78 Å². The molecule has 0 bridgehead atoms. The van der Waals surface area contributed by atoms with Crippen LogP contribution in [0.2, 0.25) is 0 Å². The zero-order valence-electron chi connectivity index (χ0n) is 10.9. The topological polar surface area (TPSA) is 54.5 Å². The Bertz CT molecular complexity index is 560. The molecule has 4 heteroatoms. The maximum absolute atomic E-state index is 12.2. The number of carbonyl (C=O) groups is 3. The molecule has 1 atom stereocenters. The molecule has 1 amide bonds. The summed E-state index contributed by atoms with van der Waals surface area (Å²) in [5.41, 5.74) is 1.54. The van der Waals surface area contributed by atoms with Crippen molar-refractivity contribution in [3.63, 3.8) is 0 Å². The lowest BCUT2D eigenvalue weighted by Crippen LogP contribution is -2.44. The molecule has 1 aromatic carbocycles. The summed E-state index contributed by atoms with van der Waals surface area (Å²) in [5.74, 6) is -2.43. The van der Waals surface area contributed by atoms with E-state index in [1.54, 1.807) is 6.92 Å². The van der Waals surface area contributed by atoms with Crippen LogP contribution in [0.1, 0.15) is 19.4 Å². The van der Waals surface area contributed by atoms with E-state index in [1.807, 2.05) is 30.3 Å². The van der Waals surface area contributed by atoms with E-state index in [1.165, 1.54) is 17.9 Å². The lowest BCUT2D eigenvalue weighted by molar-refractivity contribution is -0.144. The maximum Gasteiger partial charge on any atom is 0.245 e. The zero-order chi connectivity index (χ0) is 14.0. The molecule has 0 N–H and O–H groups in total. The Kier molecular flexibility index (Phi) is 3.60. The highest BCUT2D eigenvalue weighted by Gasteiger charge is 2.37. The second-order valence-electron chi connectivity index (χ2n) is 4.64. The molecule has 0 saturated heterocycles. The number of amides is 1. The van der Waals surface area contributed by atoms with Crippen LogP contribution in [0, 0.1) is 5.92 Å². The molecule has 4 nitrogen and oxygen atoms in total. The lowest BCUT2D eigenvalue weighted by Gasteiger charge is -2.29. The van der Waals surface area contributed by atoms with Gasteiger partial charge >= 0.3 is 0 Å². The monoisotopic (exact) mass is 257 g/mol. The van der Waals surface area contributed by atoms with Gasteiger partial charge in [-0.15, -0.1) is 0 Å². The molecule has 0 radical (unpaired) electrons. The number of hydrogen-bond acceptors (Lipinski definition) is 3. The molecule has 1 unspecified atom stereocenters. The summed E-state index contributed by atoms with van der Waals surface area (Å²) >= 11 is 0. The van der Waals surface area contributed by atoms with Gasteiger partial charge in [0.2, 0.25) is 5.91 Å². The maximum atomic E-state index is 12.2. The highest BCUT2D eigenvalue weighted by molar-refractivity contribution is 6.23. The van der Waals surface area contributed by atoms with Crippen LogP contribution >= 0.6 is 0 Å². The van der Waals surface area contributed by atoms with Crippen molar-refractivity contribution in [3.8, 4) is 0 Å². The van der Waals surface area contributed by atoms with E-state index < -0.39 is 23.4 Å². The van der Waals surface area contributed by atoms with Crippen LogP contribution < -0.4 is 0 Å². The number of nitrogens with zero attached hydrogens (tertiary/aromatic N) is 1. The first-order valence-electron chi connectivity index (χ1n) is 6.08. The first kappa shape index (κ1) is 13.2. The Morgan fingerprint density at radius 1 is 1.21 bits per heavy atom. The third-order valence-electron chi connectivity index (χ3n) is 3.16. The minimum Gasteiger partial charge on any atom is -0.311 e. The summed E-state index contributed by atoms with van der Waals surface area (Å²) < 4.78 is 0. The van der Waals surface area contributed by atoms with E-state index in [4.69, 9.17) is 0 Å². The van der Waals surface area contributed by atoms with Gasteiger partial charge in [-0.2, -0.15) is 0 Å². The lowest BCUT2D eigenvalue weighted by atomic mass is 9.93. The van der Waals surface area contributed by atoms with E-state index in [-0.39, 0.29) is 0 Å². The van der Waals surface area contributed by atoms with Gasteiger partial charge < -0.3 is 4.90 Å². The molecule has 1 heterocycles. The fourth-order valence-corrected chi connectivity index (χ4v) is 2.16. The van der Waals surface area contributed by atoms with Crippen molar-refractivity contribution in [2.75, 3.05) is 0 Å². The molecular formula is C15H15NO3. The van der Waals surface area contributed by atoms with Gasteiger partial charge in [0.25, 0.3) is 0 Å². The number of rotatable bonds is 3. The number of allylic oxidation sites excluding steroid dienone is 2. The quantitative estimate of drug-likeness (QED) is 0.774. The van der Waals surface area contributed by atoms with Gasteiger partial charge in [-0.3, -0.25) is 14.4 Å². The summed E-state index contributed by atoms with van der Waals surface area (Å²) in [6.07, 6.45) is 1.37. The molecule has 98 valence electrons.